The number of H-pyrrole nitrogens is 1. The third-order valence-electron chi connectivity index (χ3n) is 7.05. The Morgan fingerprint density at radius 2 is 1.87 bits per heavy atom. The van der Waals surface area contributed by atoms with Gasteiger partial charge < -0.3 is 33.6 Å². The molecule has 0 amide bonds. The molecule has 0 aliphatic carbocycles. The monoisotopic (exact) mass is 626 g/mol. The normalized spacial score (nSPS) is 12.8. The van der Waals surface area contributed by atoms with E-state index in [1.807, 2.05) is 25.1 Å². The third kappa shape index (κ3) is 13.3. The van der Waals surface area contributed by atoms with Crippen LogP contribution in [0.5, 0.6) is 17.4 Å². The first-order valence-corrected chi connectivity index (χ1v) is 15.0. The average Bonchev–Trinajstić information content (AvgIpc) is 3.34. The number of benzene rings is 1. The smallest absolute Gasteiger partial charge is 0.224 e. The van der Waals surface area contributed by atoms with Gasteiger partial charge in [-0.1, -0.05) is 6.92 Å². The van der Waals surface area contributed by atoms with Crippen molar-refractivity contribution in [1.82, 2.24) is 19.9 Å². The minimum atomic E-state index is 0.371. The molecule has 0 bridgehead atoms. The number of fused-ring (bicyclic) bond motifs is 1. The molecule has 0 unspecified atom stereocenters. The largest absolute Gasteiger partial charge is 0.493 e. The van der Waals surface area contributed by atoms with Gasteiger partial charge in [-0.2, -0.15) is 0 Å². The Morgan fingerprint density at radius 1 is 1.16 bits per heavy atom. The summed E-state index contributed by atoms with van der Waals surface area (Å²) in [6, 6.07) is 5.70. The van der Waals surface area contributed by atoms with Crippen LogP contribution in [0.3, 0.4) is 0 Å². The molecule has 3 aromatic rings. The van der Waals surface area contributed by atoms with E-state index >= 15 is 0 Å². The van der Waals surface area contributed by atoms with Crippen LogP contribution in [0.2, 0.25) is 0 Å². The molecule has 0 spiro atoms. The molecule has 1 aliphatic rings. The van der Waals surface area contributed by atoms with Crippen molar-refractivity contribution in [2.24, 2.45) is 5.41 Å². The predicted octanol–water partition coefficient (Wildman–Crippen LogP) is 6.62. The Bertz CT molecular complexity index is 1340. The van der Waals surface area contributed by atoms with E-state index in [1.54, 1.807) is 20.1 Å². The molecule has 0 atom stereocenters. The van der Waals surface area contributed by atoms with E-state index in [1.165, 1.54) is 31.3 Å². The van der Waals surface area contributed by atoms with Gasteiger partial charge in [-0.3, -0.25) is 4.39 Å². The number of halogens is 1. The van der Waals surface area contributed by atoms with Crippen molar-refractivity contribution in [1.29, 1.82) is 0 Å². The molecule has 1 N–H and O–H groups in total. The Labute approximate surface area is 268 Å². The van der Waals surface area contributed by atoms with Crippen LogP contribution in [0.25, 0.3) is 17.0 Å². The number of methoxy groups -OCH3 is 1. The number of hydrogen-bond donors (Lipinski definition) is 1. The van der Waals surface area contributed by atoms with Gasteiger partial charge in [0.05, 0.1) is 45.0 Å². The second-order valence-corrected chi connectivity index (χ2v) is 10.8. The van der Waals surface area contributed by atoms with Crippen molar-refractivity contribution in [2.45, 2.75) is 53.4 Å². The number of alkyl halides is 1. The van der Waals surface area contributed by atoms with E-state index in [0.717, 1.165) is 36.3 Å². The maximum atomic E-state index is 10.4. The maximum absolute atomic E-state index is 10.4. The van der Waals surface area contributed by atoms with Crippen LogP contribution in [-0.4, -0.2) is 87.5 Å². The molecule has 10 heteroatoms. The number of rotatable bonds is 14. The van der Waals surface area contributed by atoms with Gasteiger partial charge in [0.1, 0.15) is 19.2 Å². The summed E-state index contributed by atoms with van der Waals surface area (Å²) >= 11 is 0. The van der Waals surface area contributed by atoms with E-state index in [0.29, 0.717) is 61.5 Å². The lowest BCUT2D eigenvalue weighted by molar-refractivity contribution is -0.121. The van der Waals surface area contributed by atoms with Crippen molar-refractivity contribution in [2.75, 3.05) is 61.4 Å². The molecule has 1 aromatic carbocycles. The zero-order chi connectivity index (χ0) is 33.7. The zero-order valence-electron chi connectivity index (χ0n) is 28.2. The maximum Gasteiger partial charge on any atom is 0.224 e. The lowest BCUT2D eigenvalue weighted by atomic mass is 9.80. The van der Waals surface area contributed by atoms with Gasteiger partial charge in [-0.05, 0) is 90.5 Å². The number of carbonyl (C=O) groups is 1. The highest BCUT2D eigenvalue weighted by molar-refractivity contribution is 5.86. The Morgan fingerprint density at radius 3 is 2.40 bits per heavy atom. The van der Waals surface area contributed by atoms with Crippen molar-refractivity contribution >= 4 is 23.3 Å². The Balaban J connectivity index is 0.000000525. The number of aromatic nitrogens is 3. The van der Waals surface area contributed by atoms with Crippen molar-refractivity contribution in [3.05, 3.63) is 47.6 Å². The Kier molecular flexibility index (Phi) is 18.9. The minimum Gasteiger partial charge on any atom is -0.493 e. The van der Waals surface area contributed by atoms with Gasteiger partial charge >= 0.3 is 0 Å². The number of terminal acetylenes is 1. The molecule has 1 saturated heterocycles. The second kappa shape index (κ2) is 21.7. The molecule has 248 valence electrons. The number of unbranched alkanes of at least 4 members (excludes halogenated alkanes) is 1. The molecule has 0 saturated carbocycles. The zero-order valence-corrected chi connectivity index (χ0v) is 28.2. The summed E-state index contributed by atoms with van der Waals surface area (Å²) < 4.78 is 31.8. The van der Waals surface area contributed by atoms with Crippen LogP contribution >= 0.6 is 0 Å². The van der Waals surface area contributed by atoms with Crippen LogP contribution in [-0.2, 0) is 9.53 Å². The number of ether oxygens (including phenoxy) is 4. The molecule has 45 heavy (non-hydrogen) atoms. The molecule has 9 nitrogen and oxygen atoms in total. The lowest BCUT2D eigenvalue weighted by Crippen LogP contribution is -2.43. The van der Waals surface area contributed by atoms with Gasteiger partial charge in [0.25, 0.3) is 0 Å². The molecule has 2 aromatic heterocycles. The highest BCUT2D eigenvalue weighted by Gasteiger charge is 2.36. The van der Waals surface area contributed by atoms with Crippen LogP contribution in [0.1, 0.15) is 56.5 Å². The highest BCUT2D eigenvalue weighted by atomic mass is 19.1. The molecular weight excluding hydrogens is 575 g/mol. The van der Waals surface area contributed by atoms with E-state index < -0.39 is 0 Å². The highest BCUT2D eigenvalue weighted by Crippen LogP contribution is 2.35. The van der Waals surface area contributed by atoms with Crippen molar-refractivity contribution in [3.63, 3.8) is 0 Å². The summed E-state index contributed by atoms with van der Waals surface area (Å²) in [6.07, 6.45) is 14.5. The third-order valence-corrected chi connectivity index (χ3v) is 7.05. The number of aryl methyl sites for hydroxylation is 2. The summed E-state index contributed by atoms with van der Waals surface area (Å²) in [4.78, 5) is 24.5. The number of aldehydes is 1. The second-order valence-electron chi connectivity index (χ2n) is 10.8. The number of nitrogens with one attached hydrogen (secondary N) is 1. The van der Waals surface area contributed by atoms with E-state index in [-0.39, 0.29) is 0 Å². The summed E-state index contributed by atoms with van der Waals surface area (Å²) in [6.45, 7) is 12.0. The lowest BCUT2D eigenvalue weighted by Gasteiger charge is -2.41. The molecule has 1 fully saturated rings. The van der Waals surface area contributed by atoms with Gasteiger partial charge in [0.15, 0.2) is 11.5 Å². The predicted molar refractivity (Wildman–Crippen MR) is 180 cm³/mol. The van der Waals surface area contributed by atoms with Crippen LogP contribution in [0.15, 0.2) is 30.6 Å². The first-order valence-electron chi connectivity index (χ1n) is 15.0. The van der Waals surface area contributed by atoms with Crippen molar-refractivity contribution < 1.29 is 28.1 Å². The summed E-state index contributed by atoms with van der Waals surface area (Å²) in [7, 11) is 6.33. The first-order chi connectivity index (χ1) is 21.7. The fourth-order valence-corrected chi connectivity index (χ4v) is 4.37. The van der Waals surface area contributed by atoms with Gasteiger partial charge in [0.2, 0.25) is 5.88 Å². The van der Waals surface area contributed by atoms with Gasteiger partial charge in [0, 0.05) is 29.3 Å². The molecule has 3 heterocycles. The SMILES string of the molecule is C#CC.CCC1(CCN(C)C)COC1.CF.COc1cc2c(OC/C=C\c3[nH]c(C)cc3C)ncnc2cc1OCCCC=O. The Hall–Kier alpha value is -3.94. The number of carbonyl (C=O) groups excluding carboxylic acids is 1. The number of nitrogens with zero attached hydrogens (tertiary/aromatic N) is 3. The van der Waals surface area contributed by atoms with E-state index in [2.05, 4.69) is 66.2 Å². The van der Waals surface area contributed by atoms with Crippen LogP contribution < -0.4 is 14.2 Å². The minimum absolute atomic E-state index is 0.371. The summed E-state index contributed by atoms with van der Waals surface area (Å²) in [5.41, 5.74) is 4.61. The average molecular weight is 627 g/mol. The summed E-state index contributed by atoms with van der Waals surface area (Å²) in [5, 5.41) is 0.741. The first kappa shape index (κ1) is 39.1. The van der Waals surface area contributed by atoms with E-state index in [4.69, 9.17) is 18.9 Å². The molecular formula is C35H51FN4O5. The van der Waals surface area contributed by atoms with Gasteiger partial charge in [-0.15, -0.1) is 12.3 Å². The van der Waals surface area contributed by atoms with Crippen LogP contribution in [0, 0.1) is 31.6 Å². The quantitative estimate of drug-likeness (QED) is 0.121. The molecule has 4 rings (SSSR count). The van der Waals surface area contributed by atoms with Crippen LogP contribution in [0.4, 0.5) is 4.39 Å². The van der Waals surface area contributed by atoms with E-state index in [9.17, 15) is 9.18 Å². The van der Waals surface area contributed by atoms with Crippen molar-refractivity contribution in [3.8, 4) is 29.7 Å². The molecule has 0 radical (unpaired) electrons. The number of hydrogen-bond acceptors (Lipinski definition) is 8. The summed E-state index contributed by atoms with van der Waals surface area (Å²) in [5.74, 6) is 3.87. The van der Waals surface area contributed by atoms with Gasteiger partial charge in [-0.25, -0.2) is 9.97 Å². The number of aromatic amines is 1. The fraction of sp³-hybridized carbons (Fsp3) is 0.514. The topological polar surface area (TPSA) is 98.8 Å². The standard InChI is InChI=1S/C22H25N3O4.C9H19NO.C3H4.CH3F/c1-15-11-16(2)25-18(15)7-6-10-29-22-17-12-20(27-3)21(28-9-5-4-8-26)13-19(17)23-14-24-22;1-4-9(7-11-8-9)5-6-10(2)3;1-3-2;1-2/h6-8,11-14,25H,4-5,9-10H2,1-3H3;4-8H2,1-3H3;1H,2H3;1H3/b7-6-;;;. The fourth-order valence-electron chi connectivity index (χ4n) is 4.37. The molecule has 1 aliphatic heterocycles.